The fourth-order valence-corrected chi connectivity index (χ4v) is 5.71. The van der Waals surface area contributed by atoms with E-state index in [0.717, 1.165) is 18.9 Å². The minimum absolute atomic E-state index is 0.0975. The molecular formula is C32H44N8O7Si. The number of hydrogen-bond donors (Lipinski definition) is 2. The third-order valence-electron chi connectivity index (χ3n) is 7.78. The van der Waals surface area contributed by atoms with E-state index in [2.05, 4.69) is 45.5 Å². The predicted octanol–water partition coefficient (Wildman–Crippen LogP) is 4.90. The summed E-state index contributed by atoms with van der Waals surface area (Å²) in [7, 11) is 1.89. The normalized spacial score (nSPS) is 16.4. The van der Waals surface area contributed by atoms with Gasteiger partial charge in [0.15, 0.2) is 11.3 Å². The summed E-state index contributed by atoms with van der Waals surface area (Å²) in [5.41, 5.74) is -0.473. The van der Waals surface area contributed by atoms with Crippen LogP contribution in [0.2, 0.25) is 25.7 Å². The fourth-order valence-electron chi connectivity index (χ4n) is 4.95. The summed E-state index contributed by atoms with van der Waals surface area (Å²) in [6, 6.07) is 7.41. The van der Waals surface area contributed by atoms with E-state index in [1.807, 2.05) is 0 Å². The van der Waals surface area contributed by atoms with Crippen molar-refractivity contribution >= 4 is 48.3 Å². The van der Waals surface area contributed by atoms with Crippen molar-refractivity contribution in [3.8, 4) is 5.82 Å². The maximum atomic E-state index is 13.7. The Bertz CT molecular complexity index is 1840. The molecule has 0 unspecified atom stereocenters. The quantitative estimate of drug-likeness (QED) is 0.154. The summed E-state index contributed by atoms with van der Waals surface area (Å²) in [6.07, 6.45) is 4.19. The number of rotatable bonds is 12. The van der Waals surface area contributed by atoms with Crippen molar-refractivity contribution in [2.45, 2.75) is 83.8 Å². The Balaban J connectivity index is 1.45. The van der Waals surface area contributed by atoms with Crippen molar-refractivity contribution < 1.29 is 28.3 Å². The molecule has 4 aromatic heterocycles. The molecule has 0 spiro atoms. The lowest BCUT2D eigenvalue weighted by molar-refractivity contribution is 0.00677. The van der Waals surface area contributed by atoms with Gasteiger partial charge in [-0.2, -0.15) is 5.10 Å². The molecule has 2 atom stereocenters. The van der Waals surface area contributed by atoms with Gasteiger partial charge < -0.3 is 29.4 Å². The zero-order valence-corrected chi connectivity index (χ0v) is 29.7. The first kappa shape index (κ1) is 34.8. The van der Waals surface area contributed by atoms with Crippen molar-refractivity contribution in [3.63, 3.8) is 0 Å². The van der Waals surface area contributed by atoms with Crippen molar-refractivity contribution in [1.82, 2.24) is 29.8 Å². The SMILES string of the molecule is CO[C@@H]1CC[C@H]1NC(=O)c1onc2c(N(C)C(=O)OC(C)(C)C)cc(Nc3cccn(-c4ccn(COCC[Si](C)(C)C)n4)c3=O)nc12. The standard InChI is InChI=1S/C32H44N8O7Si/c1-32(2,3)46-31(43)38(4)22-18-24(35-27-26(22)37-47-28(27)29(41)34-20-11-12-23(20)44-5)33-21-10-9-14-40(30(21)42)25-13-15-39(36-25)19-45-16-17-48(6,7)8/h9-10,13-15,18,20,23H,11-12,16-17,19H2,1-8H3,(H,33,35)(H,34,41)/t20-,23-/m1/s1. The van der Waals surface area contributed by atoms with Gasteiger partial charge in [0.05, 0.1) is 17.8 Å². The molecule has 1 fully saturated rings. The number of anilines is 3. The van der Waals surface area contributed by atoms with Crippen LogP contribution in [-0.2, 0) is 20.9 Å². The van der Waals surface area contributed by atoms with E-state index in [0.29, 0.717) is 12.4 Å². The lowest BCUT2D eigenvalue weighted by Gasteiger charge is -2.35. The van der Waals surface area contributed by atoms with Crippen LogP contribution in [-0.4, -0.2) is 83.1 Å². The lowest BCUT2D eigenvalue weighted by atomic mass is 9.89. The lowest BCUT2D eigenvalue weighted by Crippen LogP contribution is -2.51. The summed E-state index contributed by atoms with van der Waals surface area (Å²) in [4.78, 5) is 45.9. The molecule has 1 aliphatic carbocycles. The Labute approximate surface area is 279 Å². The van der Waals surface area contributed by atoms with Crippen LogP contribution in [0.5, 0.6) is 0 Å². The summed E-state index contributed by atoms with van der Waals surface area (Å²) in [5, 5.41) is 14.6. The van der Waals surface area contributed by atoms with Gasteiger partial charge in [-0.3, -0.25) is 19.1 Å². The average Bonchev–Trinajstić information content (AvgIpc) is 3.64. The number of methoxy groups -OCH3 is 1. The average molecular weight is 681 g/mol. The second-order valence-electron chi connectivity index (χ2n) is 14.0. The largest absolute Gasteiger partial charge is 0.443 e. The van der Waals surface area contributed by atoms with E-state index >= 15 is 0 Å². The highest BCUT2D eigenvalue weighted by molar-refractivity contribution is 6.76. The molecule has 15 nitrogen and oxygen atoms in total. The topological polar surface area (TPSA) is 168 Å². The number of nitrogens with zero attached hydrogens (tertiary/aromatic N) is 6. The summed E-state index contributed by atoms with van der Waals surface area (Å²) >= 11 is 0. The molecule has 2 amide bonds. The zero-order chi connectivity index (χ0) is 34.8. The van der Waals surface area contributed by atoms with Crippen LogP contribution in [0.1, 0.15) is 44.2 Å². The number of fused-ring (bicyclic) bond motifs is 1. The van der Waals surface area contributed by atoms with Gasteiger partial charge in [0.1, 0.15) is 29.4 Å². The first-order chi connectivity index (χ1) is 22.6. The van der Waals surface area contributed by atoms with Crippen LogP contribution in [0.4, 0.5) is 22.0 Å². The van der Waals surface area contributed by atoms with Crippen molar-refractivity contribution in [2.75, 3.05) is 31.0 Å². The van der Waals surface area contributed by atoms with Crippen LogP contribution >= 0.6 is 0 Å². The van der Waals surface area contributed by atoms with E-state index in [1.54, 1.807) is 63.2 Å². The van der Waals surface area contributed by atoms with Gasteiger partial charge in [-0.05, 0) is 51.8 Å². The Morgan fingerprint density at radius 2 is 1.92 bits per heavy atom. The Hall–Kier alpha value is -4.54. The Morgan fingerprint density at radius 1 is 1.15 bits per heavy atom. The molecule has 4 heterocycles. The number of hydrogen-bond acceptors (Lipinski definition) is 11. The molecule has 0 saturated heterocycles. The third-order valence-corrected chi connectivity index (χ3v) is 9.49. The smallest absolute Gasteiger partial charge is 0.414 e. The van der Waals surface area contributed by atoms with Crippen LogP contribution in [0.15, 0.2) is 46.0 Å². The number of nitrogens with one attached hydrogen (secondary N) is 2. The van der Waals surface area contributed by atoms with Gasteiger partial charge >= 0.3 is 6.09 Å². The molecule has 5 rings (SSSR count). The number of carbonyl (C=O) groups excluding carboxylic acids is 2. The first-order valence-corrected chi connectivity index (χ1v) is 19.6. The predicted molar refractivity (Wildman–Crippen MR) is 183 cm³/mol. The van der Waals surface area contributed by atoms with Gasteiger partial charge in [0, 0.05) is 53.4 Å². The van der Waals surface area contributed by atoms with E-state index < -0.39 is 31.2 Å². The van der Waals surface area contributed by atoms with Gasteiger partial charge in [-0.25, -0.2) is 14.5 Å². The highest BCUT2D eigenvalue weighted by atomic mass is 28.3. The summed E-state index contributed by atoms with van der Waals surface area (Å²) in [6.45, 7) is 13.1. The van der Waals surface area contributed by atoms with Crippen LogP contribution in [0.25, 0.3) is 16.9 Å². The highest BCUT2D eigenvalue weighted by Gasteiger charge is 2.34. The molecule has 48 heavy (non-hydrogen) atoms. The van der Waals surface area contributed by atoms with Gasteiger partial charge in [-0.15, -0.1) is 0 Å². The highest BCUT2D eigenvalue weighted by Crippen LogP contribution is 2.32. The molecule has 1 aliphatic rings. The second kappa shape index (κ2) is 13.9. The molecule has 4 aromatic rings. The molecule has 0 aromatic carbocycles. The maximum Gasteiger partial charge on any atom is 0.414 e. The van der Waals surface area contributed by atoms with Gasteiger partial charge in [-0.1, -0.05) is 24.8 Å². The fraction of sp³-hybridized carbons (Fsp3) is 0.500. The van der Waals surface area contributed by atoms with Crippen LogP contribution in [0.3, 0.4) is 0 Å². The molecule has 0 radical (unpaired) electrons. The molecule has 258 valence electrons. The second-order valence-corrected chi connectivity index (χ2v) is 19.6. The zero-order valence-electron chi connectivity index (χ0n) is 28.7. The first-order valence-electron chi connectivity index (χ1n) is 15.8. The van der Waals surface area contributed by atoms with Gasteiger partial charge in [0.25, 0.3) is 11.5 Å². The van der Waals surface area contributed by atoms with Gasteiger partial charge in [0.2, 0.25) is 5.76 Å². The van der Waals surface area contributed by atoms with E-state index in [9.17, 15) is 14.4 Å². The minimum Gasteiger partial charge on any atom is -0.443 e. The number of ether oxygens (including phenoxy) is 3. The number of pyridine rings is 2. The molecule has 0 bridgehead atoms. The number of amides is 2. The number of aromatic nitrogens is 5. The molecule has 0 aliphatic heterocycles. The monoisotopic (exact) mass is 680 g/mol. The number of carbonyl (C=O) groups is 2. The molecule has 1 saturated carbocycles. The molecule has 2 N–H and O–H groups in total. The van der Waals surface area contributed by atoms with Crippen LogP contribution in [0, 0.1) is 0 Å². The minimum atomic E-state index is -1.22. The van der Waals surface area contributed by atoms with E-state index in [-0.39, 0.29) is 52.9 Å². The van der Waals surface area contributed by atoms with Crippen molar-refractivity contribution in [1.29, 1.82) is 0 Å². The molecule has 16 heteroatoms. The summed E-state index contributed by atoms with van der Waals surface area (Å²) < 4.78 is 25.3. The Morgan fingerprint density at radius 3 is 2.58 bits per heavy atom. The Kier molecular flexibility index (Phi) is 10.1. The molecular weight excluding hydrogens is 636 g/mol. The van der Waals surface area contributed by atoms with Crippen LogP contribution < -0.4 is 21.1 Å². The summed E-state index contributed by atoms with van der Waals surface area (Å²) in [5.74, 6) is -0.0893. The third kappa shape index (κ3) is 8.11. The maximum absolute atomic E-state index is 13.7. The van der Waals surface area contributed by atoms with Crippen molar-refractivity contribution in [2.24, 2.45) is 0 Å². The van der Waals surface area contributed by atoms with E-state index in [1.165, 1.54) is 22.6 Å². The van der Waals surface area contributed by atoms with E-state index in [4.69, 9.17) is 18.7 Å². The van der Waals surface area contributed by atoms with Crippen molar-refractivity contribution in [3.05, 3.63) is 52.8 Å².